The molecule has 2 aromatic rings. The fourth-order valence-electron chi connectivity index (χ4n) is 7.51. The van der Waals surface area contributed by atoms with Crippen molar-refractivity contribution in [2.45, 2.75) is 103 Å². The summed E-state index contributed by atoms with van der Waals surface area (Å²) in [4.78, 5) is 34.2. The molecule has 1 atom stereocenters. The number of carbonyl (C=O) groups is 1. The van der Waals surface area contributed by atoms with E-state index in [4.69, 9.17) is 19.9 Å². The van der Waals surface area contributed by atoms with Crippen LogP contribution in [0.3, 0.4) is 0 Å². The normalized spacial score (nSPS) is 25.2. The van der Waals surface area contributed by atoms with E-state index in [9.17, 15) is 13.6 Å². The van der Waals surface area contributed by atoms with Crippen LogP contribution in [0.1, 0.15) is 101 Å². The van der Waals surface area contributed by atoms with Gasteiger partial charge in [-0.3, -0.25) is 14.8 Å². The van der Waals surface area contributed by atoms with Gasteiger partial charge in [0.25, 0.3) is 0 Å². The SMILES string of the molecule is CNc1nc(NCC2CCC(C)(N3CCCC3=O)CC2)nc2c1C(c1ccc3c(n1)C[C@H](CCC(F)F)C(C)=N3)=CCCC2. The number of hydrogen-bond donors (Lipinski definition) is 2. The van der Waals surface area contributed by atoms with E-state index in [1.807, 2.05) is 26.1 Å². The number of halogens is 2. The molecule has 6 rings (SSSR count). The van der Waals surface area contributed by atoms with Crippen LogP contribution in [0.2, 0.25) is 0 Å². The molecule has 0 aromatic carbocycles. The molecular weight excluding hydrogens is 560 g/mol. The number of amides is 1. The summed E-state index contributed by atoms with van der Waals surface area (Å²) < 4.78 is 25.9. The van der Waals surface area contributed by atoms with Gasteiger partial charge in [0.2, 0.25) is 18.3 Å². The van der Waals surface area contributed by atoms with Crippen molar-refractivity contribution in [3.63, 3.8) is 0 Å². The van der Waals surface area contributed by atoms with Crippen molar-refractivity contribution in [1.82, 2.24) is 19.9 Å². The number of nitrogens with one attached hydrogen (secondary N) is 2. The molecule has 1 saturated heterocycles. The molecular formula is C34H45F2N7O. The summed E-state index contributed by atoms with van der Waals surface area (Å²) in [6, 6.07) is 4.01. The van der Waals surface area contributed by atoms with Crippen molar-refractivity contribution in [3.05, 3.63) is 40.9 Å². The summed E-state index contributed by atoms with van der Waals surface area (Å²) in [6.45, 7) is 5.91. The molecule has 10 heteroatoms. The highest BCUT2D eigenvalue weighted by atomic mass is 19.3. The molecule has 44 heavy (non-hydrogen) atoms. The minimum atomic E-state index is -2.30. The van der Waals surface area contributed by atoms with Gasteiger partial charge in [-0.25, -0.2) is 13.8 Å². The lowest BCUT2D eigenvalue weighted by molar-refractivity contribution is -0.134. The molecule has 8 nitrogen and oxygen atoms in total. The Kier molecular flexibility index (Phi) is 8.96. The van der Waals surface area contributed by atoms with Gasteiger partial charge in [0.05, 0.1) is 22.8 Å². The zero-order valence-corrected chi connectivity index (χ0v) is 26.3. The number of rotatable bonds is 9. The van der Waals surface area contributed by atoms with Crippen LogP contribution in [0.25, 0.3) is 5.57 Å². The second-order valence-electron chi connectivity index (χ2n) is 13.2. The lowest BCUT2D eigenvalue weighted by Gasteiger charge is -2.44. The van der Waals surface area contributed by atoms with Gasteiger partial charge in [-0.05, 0) is 96.1 Å². The Bertz CT molecular complexity index is 1450. The van der Waals surface area contributed by atoms with Gasteiger partial charge in [-0.1, -0.05) is 6.08 Å². The van der Waals surface area contributed by atoms with E-state index in [2.05, 4.69) is 28.5 Å². The second-order valence-corrected chi connectivity index (χ2v) is 13.2. The van der Waals surface area contributed by atoms with Crippen LogP contribution >= 0.6 is 0 Å². The van der Waals surface area contributed by atoms with Gasteiger partial charge in [0.1, 0.15) is 5.82 Å². The zero-order valence-electron chi connectivity index (χ0n) is 26.3. The first-order chi connectivity index (χ1) is 21.2. The molecule has 1 saturated carbocycles. The maximum atomic E-state index is 12.9. The number of nitrogens with zero attached hydrogens (tertiary/aromatic N) is 5. The zero-order chi connectivity index (χ0) is 30.8. The third-order valence-corrected chi connectivity index (χ3v) is 10.2. The number of likely N-dealkylation sites (tertiary alicyclic amines) is 1. The fraction of sp³-hybridized carbons (Fsp3) is 0.618. The van der Waals surface area contributed by atoms with Crippen molar-refractivity contribution in [2.24, 2.45) is 16.8 Å². The Hall–Kier alpha value is -3.43. The van der Waals surface area contributed by atoms with E-state index in [0.717, 1.165) is 110 Å². The summed E-state index contributed by atoms with van der Waals surface area (Å²) in [5, 5.41) is 6.86. The van der Waals surface area contributed by atoms with E-state index in [-0.39, 0.29) is 17.9 Å². The molecule has 2 aliphatic carbocycles. The van der Waals surface area contributed by atoms with Crippen LogP contribution in [0, 0.1) is 11.8 Å². The lowest BCUT2D eigenvalue weighted by atomic mass is 9.76. The molecule has 236 valence electrons. The molecule has 2 N–H and O–H groups in total. The number of hydrogen-bond acceptors (Lipinski definition) is 7. The van der Waals surface area contributed by atoms with Gasteiger partial charge in [-0.15, -0.1) is 0 Å². The van der Waals surface area contributed by atoms with Crippen molar-refractivity contribution < 1.29 is 13.6 Å². The van der Waals surface area contributed by atoms with Crippen LogP contribution in [0.15, 0.2) is 23.2 Å². The fourth-order valence-corrected chi connectivity index (χ4v) is 7.51. The predicted molar refractivity (Wildman–Crippen MR) is 171 cm³/mol. The molecule has 1 amide bonds. The highest BCUT2D eigenvalue weighted by Crippen LogP contribution is 2.40. The summed E-state index contributed by atoms with van der Waals surface area (Å²) >= 11 is 0. The number of pyridine rings is 1. The van der Waals surface area contributed by atoms with Crippen molar-refractivity contribution in [1.29, 1.82) is 0 Å². The van der Waals surface area contributed by atoms with Gasteiger partial charge in [-0.2, -0.15) is 4.98 Å². The van der Waals surface area contributed by atoms with Crippen LogP contribution in [0.5, 0.6) is 0 Å². The number of allylic oxidation sites excluding steroid dienone is 1. The average molecular weight is 606 g/mol. The maximum Gasteiger partial charge on any atom is 0.238 e. The first-order valence-electron chi connectivity index (χ1n) is 16.4. The summed E-state index contributed by atoms with van der Waals surface area (Å²) in [6.07, 6.45) is 9.50. The Morgan fingerprint density at radius 2 is 1.91 bits per heavy atom. The quantitative estimate of drug-likeness (QED) is 0.320. The number of aryl methyl sites for hydroxylation is 1. The van der Waals surface area contributed by atoms with Gasteiger partial charge < -0.3 is 15.5 Å². The lowest BCUT2D eigenvalue weighted by Crippen LogP contribution is -2.49. The third kappa shape index (κ3) is 6.35. The van der Waals surface area contributed by atoms with Crippen LogP contribution < -0.4 is 10.6 Å². The molecule has 2 aliphatic heterocycles. The van der Waals surface area contributed by atoms with E-state index in [0.29, 0.717) is 37.0 Å². The average Bonchev–Trinajstić information content (AvgIpc) is 3.34. The number of aromatic nitrogens is 3. The summed E-state index contributed by atoms with van der Waals surface area (Å²) in [5.41, 5.74) is 6.43. The van der Waals surface area contributed by atoms with Crippen LogP contribution in [-0.2, 0) is 17.6 Å². The van der Waals surface area contributed by atoms with Crippen LogP contribution in [0.4, 0.5) is 26.2 Å². The monoisotopic (exact) mass is 605 g/mol. The Morgan fingerprint density at radius 1 is 1.09 bits per heavy atom. The largest absolute Gasteiger partial charge is 0.372 e. The maximum absolute atomic E-state index is 12.9. The van der Waals surface area contributed by atoms with E-state index >= 15 is 0 Å². The number of anilines is 2. The Labute approximate surface area is 259 Å². The van der Waals surface area contributed by atoms with Crippen LogP contribution in [-0.4, -0.2) is 63.6 Å². The van der Waals surface area contributed by atoms with Gasteiger partial charge >= 0.3 is 0 Å². The molecule has 0 spiro atoms. The third-order valence-electron chi connectivity index (χ3n) is 10.2. The number of alkyl halides is 2. The highest BCUT2D eigenvalue weighted by molar-refractivity contribution is 5.90. The number of carbonyl (C=O) groups excluding carboxylic acids is 1. The Morgan fingerprint density at radius 3 is 2.64 bits per heavy atom. The minimum absolute atomic E-state index is 0.00462. The smallest absolute Gasteiger partial charge is 0.238 e. The first-order valence-corrected chi connectivity index (χ1v) is 16.4. The van der Waals surface area contributed by atoms with Gasteiger partial charge in [0, 0.05) is 61.3 Å². The van der Waals surface area contributed by atoms with E-state index < -0.39 is 6.43 Å². The topological polar surface area (TPSA) is 95.4 Å². The molecule has 0 radical (unpaired) electrons. The first kappa shape index (κ1) is 30.6. The van der Waals surface area contributed by atoms with Gasteiger partial charge in [0.15, 0.2) is 0 Å². The standard InChI is InChI=1S/C34H45F2N7O/c1-21-23(10-13-29(35)36)19-28-26(39-21)12-11-25(40-28)24-7-4-5-8-27-31(24)32(37-3)42-33(41-27)38-20-22-14-16-34(2,17-15-22)43-18-6-9-30(43)44/h7,11-12,22-23,29H,4-6,8-10,13-20H2,1-3H3,(H2,37,38,41,42)/t22?,23-,34?/m0/s1. The highest BCUT2D eigenvalue weighted by Gasteiger charge is 2.40. The van der Waals surface area contributed by atoms with Crippen molar-refractivity contribution in [2.75, 3.05) is 30.8 Å². The number of aliphatic imine (C=N–C) groups is 1. The summed E-state index contributed by atoms with van der Waals surface area (Å²) in [5.74, 6) is 2.24. The van der Waals surface area contributed by atoms with E-state index in [1.165, 1.54) is 0 Å². The van der Waals surface area contributed by atoms with E-state index in [1.54, 1.807) is 0 Å². The molecule has 2 fully saturated rings. The van der Waals surface area contributed by atoms with Crippen molar-refractivity contribution >= 4 is 34.6 Å². The summed E-state index contributed by atoms with van der Waals surface area (Å²) in [7, 11) is 1.89. The molecule has 4 aliphatic rings. The van der Waals surface area contributed by atoms with Crippen molar-refractivity contribution in [3.8, 4) is 0 Å². The Balaban J connectivity index is 1.18. The predicted octanol–water partition coefficient (Wildman–Crippen LogP) is 6.97. The molecule has 4 heterocycles. The molecule has 2 aromatic heterocycles. The number of fused-ring (bicyclic) bond motifs is 2. The minimum Gasteiger partial charge on any atom is -0.372 e. The molecule has 0 bridgehead atoms. The molecule has 0 unspecified atom stereocenters. The second kappa shape index (κ2) is 12.9.